The van der Waals surface area contributed by atoms with Crippen molar-refractivity contribution in [3.8, 4) is 5.75 Å². The minimum Gasteiger partial charge on any atom is -0.595 e. The van der Waals surface area contributed by atoms with E-state index < -0.39 is 5.23 Å². The summed E-state index contributed by atoms with van der Waals surface area (Å²) in [5.74, 6) is 0.00540. The molecule has 8 heteroatoms. The molecule has 0 fully saturated rings. The number of ketones is 1. The third kappa shape index (κ3) is 4.49. The van der Waals surface area contributed by atoms with Crippen molar-refractivity contribution in [2.24, 2.45) is 10.7 Å². The Morgan fingerprint density at radius 3 is 2.71 bits per heavy atom. The van der Waals surface area contributed by atoms with Crippen LogP contribution in [0.25, 0.3) is 10.8 Å². The van der Waals surface area contributed by atoms with Gasteiger partial charge in [-0.3, -0.25) is 4.79 Å². The van der Waals surface area contributed by atoms with Crippen molar-refractivity contribution in [2.45, 2.75) is 0 Å². The molecule has 144 valence electrons. The Labute approximate surface area is 166 Å². The summed E-state index contributed by atoms with van der Waals surface area (Å²) in [7, 11) is 1.38. The number of rotatable bonds is 6. The highest BCUT2D eigenvalue weighted by Crippen LogP contribution is 2.27. The fourth-order valence-corrected chi connectivity index (χ4v) is 3.34. The number of thioether (sulfide) groups is 1. The highest BCUT2D eigenvalue weighted by atomic mass is 32.2. The average molecular weight is 397 g/mol. The molecule has 0 aliphatic heterocycles. The van der Waals surface area contributed by atoms with Crippen LogP contribution in [-0.2, 0) is 0 Å². The standard InChI is InChI=1S/C20H19N3O4S/c1-27-19-10-9-14(11-17(19)23(25)26)18(24)12-28-20(21)22-16-8-4-6-13-5-2-3-7-15(13)16/h2-11,23,25H,12H2,1H3,(H2,21,22). The quantitative estimate of drug-likeness (QED) is 0.255. The molecule has 0 amide bonds. The van der Waals surface area contributed by atoms with Crippen molar-refractivity contribution < 1.29 is 20.0 Å². The van der Waals surface area contributed by atoms with E-state index in [1.165, 1.54) is 25.3 Å². The number of hydrogen-bond donors (Lipinski definition) is 3. The third-order valence-corrected chi connectivity index (χ3v) is 4.89. The molecular weight excluding hydrogens is 378 g/mol. The van der Waals surface area contributed by atoms with Gasteiger partial charge in [0.05, 0.1) is 18.6 Å². The number of hydrogen-bond acceptors (Lipinski definition) is 6. The van der Waals surface area contributed by atoms with Gasteiger partial charge in [-0.1, -0.05) is 48.2 Å². The molecule has 0 heterocycles. The number of carbonyl (C=O) groups is 1. The summed E-state index contributed by atoms with van der Waals surface area (Å²) in [5.41, 5.74) is 6.94. The molecular formula is C20H19N3O4S. The third-order valence-electron chi connectivity index (χ3n) is 4.10. The van der Waals surface area contributed by atoms with Gasteiger partial charge >= 0.3 is 0 Å². The number of fused-ring (bicyclic) bond motifs is 1. The molecule has 0 spiro atoms. The van der Waals surface area contributed by atoms with Crippen LogP contribution in [0.5, 0.6) is 5.75 Å². The van der Waals surface area contributed by atoms with E-state index in [1.807, 2.05) is 42.5 Å². The largest absolute Gasteiger partial charge is 0.595 e. The van der Waals surface area contributed by atoms with Gasteiger partial charge in [0, 0.05) is 17.0 Å². The zero-order chi connectivity index (χ0) is 20.1. The number of nitrogens with one attached hydrogen (secondary N) is 1. The summed E-state index contributed by atoms with van der Waals surface area (Å²) in [6.45, 7) is 0. The maximum absolute atomic E-state index is 12.4. The van der Waals surface area contributed by atoms with Crippen LogP contribution in [0.15, 0.2) is 65.7 Å². The SMILES string of the molecule is COc1ccc(C(=O)CSC(N)=Nc2cccc3ccccc23)cc1[NH+]([O-])O. The van der Waals surface area contributed by atoms with Gasteiger partial charge in [-0.2, -0.15) is 5.23 Å². The van der Waals surface area contributed by atoms with Crippen LogP contribution >= 0.6 is 11.8 Å². The van der Waals surface area contributed by atoms with Crippen molar-refractivity contribution in [3.63, 3.8) is 0 Å². The summed E-state index contributed by atoms with van der Waals surface area (Å²) in [6, 6.07) is 17.9. The van der Waals surface area contributed by atoms with Crippen LogP contribution in [0, 0.1) is 5.21 Å². The number of carbonyl (C=O) groups excluding carboxylic acids is 1. The molecule has 1 unspecified atom stereocenters. The number of aliphatic imine (C=N–C) groups is 1. The van der Waals surface area contributed by atoms with E-state index in [2.05, 4.69) is 4.99 Å². The zero-order valence-electron chi connectivity index (χ0n) is 15.1. The Balaban J connectivity index is 1.73. The average Bonchev–Trinajstić information content (AvgIpc) is 2.71. The molecule has 3 aromatic rings. The summed E-state index contributed by atoms with van der Waals surface area (Å²) < 4.78 is 5.00. The predicted octanol–water partition coefficient (Wildman–Crippen LogP) is 2.81. The first-order valence-corrected chi connectivity index (χ1v) is 9.37. The van der Waals surface area contributed by atoms with Crippen molar-refractivity contribution in [1.29, 1.82) is 0 Å². The molecule has 0 aliphatic carbocycles. The highest BCUT2D eigenvalue weighted by Gasteiger charge is 2.15. The minimum atomic E-state index is -1.16. The van der Waals surface area contributed by atoms with Gasteiger partial charge in [-0.25, -0.2) is 10.2 Å². The number of Topliss-reactive ketones (excluding diaryl/α,β-unsaturated/α-hetero) is 1. The van der Waals surface area contributed by atoms with Crippen molar-refractivity contribution in [2.75, 3.05) is 12.9 Å². The number of ether oxygens (including phenoxy) is 1. The van der Waals surface area contributed by atoms with E-state index in [9.17, 15) is 15.2 Å². The van der Waals surface area contributed by atoms with Gasteiger partial charge in [-0.15, -0.1) is 0 Å². The lowest BCUT2D eigenvalue weighted by atomic mass is 10.1. The molecule has 28 heavy (non-hydrogen) atoms. The fraction of sp³-hybridized carbons (Fsp3) is 0.100. The zero-order valence-corrected chi connectivity index (χ0v) is 15.9. The first kappa shape index (κ1) is 19.8. The first-order chi connectivity index (χ1) is 13.5. The van der Waals surface area contributed by atoms with Gasteiger partial charge in [0.25, 0.3) is 0 Å². The number of quaternary nitrogens is 1. The van der Waals surface area contributed by atoms with E-state index in [0.29, 0.717) is 0 Å². The van der Waals surface area contributed by atoms with Gasteiger partial charge in [-0.05, 0) is 23.6 Å². The van der Waals surface area contributed by atoms with Gasteiger partial charge in [0.15, 0.2) is 16.7 Å². The number of nitrogens with two attached hydrogens (primary N) is 1. The Bertz CT molecular complexity index is 1030. The number of methoxy groups -OCH3 is 1. The molecule has 3 rings (SSSR count). The molecule has 0 radical (unpaired) electrons. The van der Waals surface area contributed by atoms with E-state index in [1.54, 1.807) is 0 Å². The Kier molecular flexibility index (Phi) is 6.27. The number of amidine groups is 1. The van der Waals surface area contributed by atoms with Crippen LogP contribution in [0.2, 0.25) is 0 Å². The molecule has 0 saturated heterocycles. The molecule has 3 aromatic carbocycles. The van der Waals surface area contributed by atoms with Gasteiger partial charge in [0.1, 0.15) is 0 Å². The predicted molar refractivity (Wildman–Crippen MR) is 111 cm³/mol. The van der Waals surface area contributed by atoms with Crippen LogP contribution < -0.4 is 15.7 Å². The van der Waals surface area contributed by atoms with E-state index in [0.717, 1.165) is 28.2 Å². The molecule has 1 atom stereocenters. The van der Waals surface area contributed by atoms with Crippen LogP contribution in [0.4, 0.5) is 11.4 Å². The van der Waals surface area contributed by atoms with Gasteiger partial charge < -0.3 is 15.7 Å². The van der Waals surface area contributed by atoms with Crippen LogP contribution in [0.1, 0.15) is 10.4 Å². The molecule has 0 bridgehead atoms. The highest BCUT2D eigenvalue weighted by molar-refractivity contribution is 8.14. The van der Waals surface area contributed by atoms with E-state index >= 15 is 0 Å². The van der Waals surface area contributed by atoms with Crippen molar-refractivity contribution in [3.05, 3.63) is 71.4 Å². The molecule has 0 saturated carbocycles. The van der Waals surface area contributed by atoms with Crippen molar-refractivity contribution >= 4 is 44.9 Å². The maximum atomic E-state index is 12.4. The van der Waals surface area contributed by atoms with Crippen LogP contribution in [0.3, 0.4) is 0 Å². The maximum Gasteiger partial charge on any atom is 0.206 e. The Morgan fingerprint density at radius 2 is 1.96 bits per heavy atom. The number of benzene rings is 3. The molecule has 7 nitrogen and oxygen atoms in total. The second-order valence-corrected chi connectivity index (χ2v) is 6.88. The summed E-state index contributed by atoms with van der Waals surface area (Å²) in [4.78, 5) is 16.8. The van der Waals surface area contributed by atoms with Gasteiger partial charge in [0.2, 0.25) is 5.69 Å². The lowest BCUT2D eigenvalue weighted by molar-refractivity contribution is -0.991. The second-order valence-electron chi connectivity index (χ2n) is 5.88. The molecule has 0 aliphatic rings. The van der Waals surface area contributed by atoms with Crippen molar-refractivity contribution in [1.82, 2.24) is 0 Å². The Hall–Kier alpha value is -2.91. The van der Waals surface area contributed by atoms with E-state index in [4.69, 9.17) is 10.5 Å². The summed E-state index contributed by atoms with van der Waals surface area (Å²) in [5, 5.41) is 21.7. The topological polar surface area (TPSA) is 112 Å². The lowest BCUT2D eigenvalue weighted by Gasteiger charge is -2.15. The molecule has 4 N–H and O–H groups in total. The molecule has 0 aromatic heterocycles. The summed E-state index contributed by atoms with van der Waals surface area (Å²) >= 11 is 1.11. The second kappa shape index (κ2) is 8.85. The Morgan fingerprint density at radius 1 is 1.21 bits per heavy atom. The first-order valence-electron chi connectivity index (χ1n) is 8.39. The van der Waals surface area contributed by atoms with Crippen LogP contribution in [-0.4, -0.2) is 29.0 Å². The minimum absolute atomic E-state index is 0.0471. The smallest absolute Gasteiger partial charge is 0.206 e. The number of nitrogens with zero attached hydrogens (tertiary/aromatic N) is 1. The summed E-state index contributed by atoms with van der Waals surface area (Å²) in [6.07, 6.45) is 0. The normalized spacial score (nSPS) is 12.8. The fourth-order valence-electron chi connectivity index (χ4n) is 2.73. The monoisotopic (exact) mass is 397 g/mol. The lowest BCUT2D eigenvalue weighted by Crippen LogP contribution is -2.99. The van der Waals surface area contributed by atoms with E-state index in [-0.39, 0.29) is 33.7 Å².